The van der Waals surface area contributed by atoms with E-state index in [2.05, 4.69) is 195 Å². The SMILES string of the molecule is CC(C)(C)c1cc2c(cc1-c1ccccc1)[cH-]c1cc(-c3ccccc3)c(C(C)(C)C)cc12.CCCCc1ccc([C](=[Zr+2])c2ccc(CCCC)cc2)cc1.c1cc[cH-]c1. The molecule has 0 unspecified atom stereocenters. The van der Waals surface area contributed by atoms with Crippen molar-refractivity contribution in [3.8, 4) is 22.3 Å². The van der Waals surface area contributed by atoms with E-state index < -0.39 is 0 Å². The van der Waals surface area contributed by atoms with Crippen molar-refractivity contribution < 1.29 is 24.2 Å². The predicted octanol–water partition coefficient (Wildman–Crippen LogP) is 16.5. The Morgan fingerprint density at radius 2 is 0.867 bits per heavy atom. The largest absolute Gasteiger partial charge is 0.214 e. The minimum Gasteiger partial charge on any atom is -0.214 e. The van der Waals surface area contributed by atoms with E-state index in [1.807, 2.05) is 30.3 Å². The number of hydrogen-bond acceptors (Lipinski definition) is 0. The molecule has 0 saturated heterocycles. The van der Waals surface area contributed by atoms with Crippen molar-refractivity contribution in [1.82, 2.24) is 0 Å². The van der Waals surface area contributed by atoms with Crippen molar-refractivity contribution in [2.45, 2.75) is 105 Å². The van der Waals surface area contributed by atoms with Gasteiger partial charge >= 0.3 is 151 Å². The Bertz CT molecular complexity index is 2350. The molecule has 0 bridgehead atoms. The maximum atomic E-state index is 2.45. The summed E-state index contributed by atoms with van der Waals surface area (Å²) in [5.74, 6) is 0. The van der Waals surface area contributed by atoms with E-state index >= 15 is 0 Å². The molecule has 0 atom stereocenters. The van der Waals surface area contributed by atoms with Gasteiger partial charge in [0.2, 0.25) is 0 Å². The third-order valence-electron chi connectivity index (χ3n) is 11.4. The van der Waals surface area contributed by atoms with Crippen LogP contribution in [0.3, 0.4) is 0 Å². The predicted molar refractivity (Wildman–Crippen MR) is 261 cm³/mol. The third-order valence-corrected chi connectivity index (χ3v) is 12.9. The van der Waals surface area contributed by atoms with Crippen LogP contribution in [0.4, 0.5) is 0 Å². The van der Waals surface area contributed by atoms with Crippen LogP contribution in [0, 0.1) is 0 Å². The molecule has 0 N–H and O–H groups in total. The smallest absolute Gasteiger partial charge is 0.172 e. The first kappa shape index (κ1) is 44.8. The van der Waals surface area contributed by atoms with Crippen molar-refractivity contribution in [3.63, 3.8) is 0 Å². The summed E-state index contributed by atoms with van der Waals surface area (Å²) >= 11 is 1.48. The van der Waals surface area contributed by atoms with Crippen molar-refractivity contribution >= 4 is 24.8 Å². The first-order valence-electron chi connectivity index (χ1n) is 22.1. The van der Waals surface area contributed by atoms with Crippen LogP contribution in [0.1, 0.15) is 114 Å². The Hall–Kier alpha value is -4.71. The van der Waals surface area contributed by atoms with Crippen molar-refractivity contribution in [3.05, 3.63) is 203 Å². The molecular formula is C59H64Zr. The van der Waals surface area contributed by atoms with E-state index in [9.17, 15) is 0 Å². The zero-order valence-corrected chi connectivity index (χ0v) is 39.9. The van der Waals surface area contributed by atoms with E-state index in [1.165, 1.54) is 143 Å². The van der Waals surface area contributed by atoms with Gasteiger partial charge in [0, 0.05) is 0 Å². The van der Waals surface area contributed by atoms with Gasteiger partial charge in [0.15, 0.2) is 0 Å². The molecule has 0 heterocycles. The molecule has 8 rings (SSSR count). The van der Waals surface area contributed by atoms with Crippen LogP contribution in [0.5, 0.6) is 0 Å². The fourth-order valence-electron chi connectivity index (χ4n) is 7.99. The number of rotatable bonds is 10. The maximum absolute atomic E-state index is 2.45. The Labute approximate surface area is 376 Å². The van der Waals surface area contributed by atoms with Crippen molar-refractivity contribution in [2.24, 2.45) is 0 Å². The number of aryl methyl sites for hydroxylation is 2. The Morgan fingerprint density at radius 1 is 0.483 bits per heavy atom. The summed E-state index contributed by atoms with van der Waals surface area (Å²) in [6.45, 7) is 18.4. The quantitative estimate of drug-likeness (QED) is 0.120. The normalized spacial score (nSPS) is 11.5. The minimum atomic E-state index is 0.0554. The Kier molecular flexibility index (Phi) is 15.5. The molecule has 0 saturated carbocycles. The molecule has 0 nitrogen and oxygen atoms in total. The monoisotopic (exact) mass is 862 g/mol. The van der Waals surface area contributed by atoms with Crippen molar-refractivity contribution in [2.75, 3.05) is 0 Å². The van der Waals surface area contributed by atoms with Crippen LogP contribution in [-0.4, -0.2) is 3.21 Å². The molecule has 0 aromatic heterocycles. The first-order chi connectivity index (χ1) is 28.9. The van der Waals surface area contributed by atoms with Gasteiger partial charge in [-0.1, -0.05) is 114 Å². The van der Waals surface area contributed by atoms with Gasteiger partial charge in [-0.2, -0.15) is 18.2 Å². The molecule has 8 aromatic rings. The molecule has 0 spiro atoms. The summed E-state index contributed by atoms with van der Waals surface area (Å²) in [5, 5.41) is 5.36. The third kappa shape index (κ3) is 11.6. The molecule has 60 heavy (non-hydrogen) atoms. The fraction of sp³-hybridized carbons (Fsp3) is 0.271. The maximum Gasteiger partial charge on any atom is -0.172 e. The summed E-state index contributed by atoms with van der Waals surface area (Å²) < 4.78 is 1.45. The van der Waals surface area contributed by atoms with E-state index in [0.29, 0.717) is 0 Å². The van der Waals surface area contributed by atoms with E-state index in [1.54, 1.807) is 0 Å². The van der Waals surface area contributed by atoms with Gasteiger partial charge in [-0.25, -0.2) is 12.1 Å². The molecule has 1 heteroatoms. The van der Waals surface area contributed by atoms with E-state index in [-0.39, 0.29) is 10.8 Å². The van der Waals surface area contributed by atoms with E-state index in [4.69, 9.17) is 0 Å². The summed E-state index contributed by atoms with van der Waals surface area (Å²) in [4.78, 5) is 0. The minimum absolute atomic E-state index is 0.0554. The van der Waals surface area contributed by atoms with Crippen LogP contribution in [-0.2, 0) is 47.9 Å². The van der Waals surface area contributed by atoms with Crippen LogP contribution >= 0.6 is 0 Å². The van der Waals surface area contributed by atoms with Gasteiger partial charge in [-0.15, -0.1) is 39.7 Å². The Morgan fingerprint density at radius 3 is 1.18 bits per heavy atom. The van der Waals surface area contributed by atoms with Gasteiger partial charge in [0.25, 0.3) is 0 Å². The molecule has 0 radical (unpaired) electrons. The van der Waals surface area contributed by atoms with Crippen molar-refractivity contribution in [1.29, 1.82) is 0 Å². The second-order valence-corrected chi connectivity index (χ2v) is 19.5. The zero-order valence-electron chi connectivity index (χ0n) is 37.4. The number of unbranched alkanes of at least 4 members (excludes halogenated alkanes) is 2. The second-order valence-electron chi connectivity index (χ2n) is 18.3. The number of benzene rings is 6. The summed E-state index contributed by atoms with van der Waals surface area (Å²) in [6.07, 6.45) is 7.51. The van der Waals surface area contributed by atoms with Gasteiger partial charge < -0.3 is 0 Å². The molecule has 0 amide bonds. The molecule has 0 aliphatic carbocycles. The second kappa shape index (κ2) is 20.7. The molecule has 0 aliphatic heterocycles. The van der Waals surface area contributed by atoms with Gasteiger partial charge in [0.05, 0.1) is 0 Å². The first-order valence-corrected chi connectivity index (χ1v) is 23.4. The van der Waals surface area contributed by atoms with Gasteiger partial charge in [-0.05, 0) is 44.2 Å². The molecule has 304 valence electrons. The summed E-state index contributed by atoms with van der Waals surface area (Å²) in [7, 11) is 0. The van der Waals surface area contributed by atoms with Crippen LogP contribution < -0.4 is 0 Å². The standard InChI is InChI=1S/C33H33.C21H26.C5H5.Zr/c1-32(2,3)30-20-26-24(18-28(30)22-13-9-7-10-14-22)17-25-19-29(23-15-11-8-12-16-23)31(21-27(25)26)33(4,5)6;1-3-5-7-18-9-13-20(14-10-18)17-21-15-11-19(12-16-21)8-6-4-2;1-2-4-5-3-1;/h7-21H,1-6H3;9-16H,3-8H2,1-2H3;1-5H;/q-1;;-1;+2. The molecule has 0 aliphatic rings. The van der Waals surface area contributed by atoms with Crippen LogP contribution in [0.25, 0.3) is 43.8 Å². The van der Waals surface area contributed by atoms with Gasteiger partial charge in [-0.3, -0.25) is 0 Å². The molecule has 8 aromatic carbocycles. The molecular weight excluding hydrogens is 800 g/mol. The average molecular weight is 864 g/mol. The average Bonchev–Trinajstić information content (AvgIpc) is 3.97. The van der Waals surface area contributed by atoms with E-state index in [0.717, 1.165) is 0 Å². The van der Waals surface area contributed by atoms with Crippen LogP contribution in [0.2, 0.25) is 0 Å². The number of hydrogen-bond donors (Lipinski definition) is 0. The Balaban J connectivity index is 0.000000192. The van der Waals surface area contributed by atoms with Gasteiger partial charge in [0.1, 0.15) is 0 Å². The topological polar surface area (TPSA) is 0 Å². The zero-order chi connectivity index (χ0) is 42.7. The van der Waals surface area contributed by atoms with Crippen LogP contribution in [0.15, 0.2) is 170 Å². The molecule has 0 fully saturated rings. The summed E-state index contributed by atoms with van der Waals surface area (Å²) in [6, 6.07) is 62.1. The fourth-order valence-corrected chi connectivity index (χ4v) is 8.80. The number of fused-ring (bicyclic) bond motifs is 3. The summed E-state index contributed by atoms with van der Waals surface area (Å²) in [5.41, 5.74) is 13.8.